The Balaban J connectivity index is 2.66. The van der Waals surface area contributed by atoms with Gasteiger partial charge in [0, 0.05) is 5.92 Å². The molecule has 0 radical (unpaired) electrons. The third kappa shape index (κ3) is 2.78. The molecule has 3 amide bonds. The van der Waals surface area contributed by atoms with Gasteiger partial charge in [-0.25, -0.2) is 0 Å². The van der Waals surface area contributed by atoms with E-state index in [0.29, 0.717) is 0 Å². The third-order valence-electron chi connectivity index (χ3n) is 2.59. The molecule has 1 N–H and O–H groups in total. The van der Waals surface area contributed by atoms with Gasteiger partial charge in [-0.1, -0.05) is 13.8 Å². The standard InChI is InChI=1S/C10H16N2O3/c1-3-7(4-2)10(15)12-5-8(13)11-9(14)6-12/h7H,3-6H2,1-2H3,(H,11,13,14). The average molecular weight is 212 g/mol. The van der Waals surface area contributed by atoms with Gasteiger partial charge < -0.3 is 4.90 Å². The summed E-state index contributed by atoms with van der Waals surface area (Å²) in [4.78, 5) is 35.3. The molecule has 1 saturated heterocycles. The Bertz CT molecular complexity index is 268. The van der Waals surface area contributed by atoms with Crippen LogP contribution in [0.15, 0.2) is 0 Å². The van der Waals surface area contributed by atoms with Crippen molar-refractivity contribution >= 4 is 17.7 Å². The molecule has 1 aliphatic rings. The molecule has 1 rings (SSSR count). The average Bonchev–Trinajstić information content (AvgIpc) is 2.18. The van der Waals surface area contributed by atoms with E-state index in [1.54, 1.807) is 0 Å². The summed E-state index contributed by atoms with van der Waals surface area (Å²) in [5.74, 6) is -0.969. The second-order valence-electron chi connectivity index (χ2n) is 3.68. The molecule has 1 aliphatic heterocycles. The van der Waals surface area contributed by atoms with Crippen molar-refractivity contribution in [2.24, 2.45) is 5.92 Å². The summed E-state index contributed by atoms with van der Waals surface area (Å²) in [5.41, 5.74) is 0. The minimum absolute atomic E-state index is 0.00106. The van der Waals surface area contributed by atoms with Crippen molar-refractivity contribution in [2.45, 2.75) is 26.7 Å². The Morgan fingerprint density at radius 3 is 2.13 bits per heavy atom. The van der Waals surface area contributed by atoms with Crippen LogP contribution in [0.5, 0.6) is 0 Å². The third-order valence-corrected chi connectivity index (χ3v) is 2.59. The topological polar surface area (TPSA) is 66.5 Å². The SMILES string of the molecule is CCC(CC)C(=O)N1CC(=O)NC(=O)C1. The van der Waals surface area contributed by atoms with E-state index >= 15 is 0 Å². The number of hydrogen-bond acceptors (Lipinski definition) is 3. The Morgan fingerprint density at radius 1 is 1.27 bits per heavy atom. The van der Waals surface area contributed by atoms with Crippen LogP contribution < -0.4 is 5.32 Å². The van der Waals surface area contributed by atoms with Crippen LogP contribution in [0.3, 0.4) is 0 Å². The van der Waals surface area contributed by atoms with E-state index < -0.39 is 11.8 Å². The minimum Gasteiger partial charge on any atom is -0.324 e. The van der Waals surface area contributed by atoms with Gasteiger partial charge in [0.1, 0.15) is 13.1 Å². The van der Waals surface area contributed by atoms with Gasteiger partial charge in [-0.05, 0) is 12.8 Å². The number of nitrogens with zero attached hydrogens (tertiary/aromatic N) is 1. The number of carbonyl (C=O) groups excluding carboxylic acids is 3. The van der Waals surface area contributed by atoms with E-state index in [1.165, 1.54) is 4.90 Å². The van der Waals surface area contributed by atoms with Gasteiger partial charge in [0.15, 0.2) is 0 Å². The summed E-state index contributed by atoms with van der Waals surface area (Å²) >= 11 is 0. The molecule has 1 fully saturated rings. The van der Waals surface area contributed by atoms with E-state index in [4.69, 9.17) is 0 Å². The summed E-state index contributed by atoms with van der Waals surface area (Å²) in [7, 11) is 0. The van der Waals surface area contributed by atoms with Crippen LogP contribution in [-0.4, -0.2) is 35.7 Å². The number of rotatable bonds is 3. The molecule has 5 nitrogen and oxygen atoms in total. The first-order valence-electron chi connectivity index (χ1n) is 5.19. The molecule has 0 aliphatic carbocycles. The number of amides is 3. The largest absolute Gasteiger partial charge is 0.324 e. The zero-order valence-electron chi connectivity index (χ0n) is 9.08. The lowest BCUT2D eigenvalue weighted by molar-refractivity contribution is -0.147. The summed E-state index contributed by atoms with van der Waals surface area (Å²) in [6, 6.07) is 0. The zero-order chi connectivity index (χ0) is 11.4. The van der Waals surface area contributed by atoms with Crippen molar-refractivity contribution in [3.63, 3.8) is 0 Å². The molecular weight excluding hydrogens is 196 g/mol. The summed E-state index contributed by atoms with van der Waals surface area (Å²) in [6.07, 6.45) is 1.48. The predicted molar refractivity (Wildman–Crippen MR) is 53.8 cm³/mol. The van der Waals surface area contributed by atoms with Crippen LogP contribution >= 0.6 is 0 Å². The van der Waals surface area contributed by atoms with Gasteiger partial charge in [-0.2, -0.15) is 0 Å². The van der Waals surface area contributed by atoms with E-state index in [1.807, 2.05) is 13.8 Å². The first-order valence-corrected chi connectivity index (χ1v) is 5.19. The van der Waals surface area contributed by atoms with Crippen molar-refractivity contribution < 1.29 is 14.4 Å². The van der Waals surface area contributed by atoms with Crippen molar-refractivity contribution in [3.05, 3.63) is 0 Å². The molecule has 0 atom stereocenters. The highest BCUT2D eigenvalue weighted by atomic mass is 16.2. The van der Waals surface area contributed by atoms with Gasteiger partial charge >= 0.3 is 0 Å². The smallest absolute Gasteiger partial charge is 0.246 e. The second kappa shape index (κ2) is 4.91. The van der Waals surface area contributed by atoms with Crippen LogP contribution in [-0.2, 0) is 14.4 Å². The molecule has 1 heterocycles. The van der Waals surface area contributed by atoms with Gasteiger partial charge in [0.05, 0.1) is 0 Å². The lowest BCUT2D eigenvalue weighted by Gasteiger charge is -2.28. The fourth-order valence-electron chi connectivity index (χ4n) is 1.69. The number of nitrogens with one attached hydrogen (secondary N) is 1. The van der Waals surface area contributed by atoms with E-state index in [0.717, 1.165) is 12.8 Å². The molecule has 5 heteroatoms. The van der Waals surface area contributed by atoms with Crippen LogP contribution in [0, 0.1) is 5.92 Å². The van der Waals surface area contributed by atoms with Gasteiger partial charge in [-0.3, -0.25) is 19.7 Å². The highest BCUT2D eigenvalue weighted by molar-refractivity contribution is 6.02. The maximum atomic E-state index is 11.8. The monoisotopic (exact) mass is 212 g/mol. The molecule has 0 aromatic carbocycles. The normalized spacial score (nSPS) is 16.9. The second-order valence-corrected chi connectivity index (χ2v) is 3.68. The van der Waals surface area contributed by atoms with Crippen LogP contribution in [0.4, 0.5) is 0 Å². The number of hydrogen-bond donors (Lipinski definition) is 1. The van der Waals surface area contributed by atoms with E-state index in [2.05, 4.69) is 5.32 Å². The fraction of sp³-hybridized carbons (Fsp3) is 0.700. The van der Waals surface area contributed by atoms with Crippen molar-refractivity contribution in [1.29, 1.82) is 0 Å². The Labute approximate surface area is 88.8 Å². The lowest BCUT2D eigenvalue weighted by Crippen LogP contribution is -2.54. The highest BCUT2D eigenvalue weighted by Gasteiger charge is 2.29. The number of carbonyl (C=O) groups is 3. The van der Waals surface area contributed by atoms with E-state index in [9.17, 15) is 14.4 Å². The molecule has 15 heavy (non-hydrogen) atoms. The van der Waals surface area contributed by atoms with Crippen LogP contribution in [0.25, 0.3) is 0 Å². The quantitative estimate of drug-likeness (QED) is 0.665. The molecule has 0 saturated carbocycles. The van der Waals surface area contributed by atoms with Crippen molar-refractivity contribution in [3.8, 4) is 0 Å². The molecule has 0 unspecified atom stereocenters. The Hall–Kier alpha value is -1.39. The summed E-state index contributed by atoms with van der Waals surface area (Å²) in [5, 5.41) is 2.17. The summed E-state index contributed by atoms with van der Waals surface area (Å²) in [6.45, 7) is 3.86. The first-order chi connectivity index (χ1) is 7.08. The maximum absolute atomic E-state index is 11.8. The van der Waals surface area contributed by atoms with Crippen LogP contribution in [0.2, 0.25) is 0 Å². The predicted octanol–water partition coefficient (Wildman–Crippen LogP) is -0.0924. The fourth-order valence-corrected chi connectivity index (χ4v) is 1.69. The maximum Gasteiger partial charge on any atom is 0.246 e. The molecule has 0 aromatic rings. The minimum atomic E-state index is -0.398. The highest BCUT2D eigenvalue weighted by Crippen LogP contribution is 2.12. The van der Waals surface area contributed by atoms with Gasteiger partial charge in [0.25, 0.3) is 0 Å². The van der Waals surface area contributed by atoms with Crippen LogP contribution in [0.1, 0.15) is 26.7 Å². The molecule has 0 bridgehead atoms. The lowest BCUT2D eigenvalue weighted by atomic mass is 10.0. The molecular formula is C10H16N2O3. The number of imide groups is 1. The zero-order valence-corrected chi connectivity index (χ0v) is 9.08. The Kier molecular flexibility index (Phi) is 3.82. The Morgan fingerprint density at radius 2 is 1.73 bits per heavy atom. The van der Waals surface area contributed by atoms with Crippen molar-refractivity contribution in [1.82, 2.24) is 10.2 Å². The van der Waals surface area contributed by atoms with Crippen molar-refractivity contribution in [2.75, 3.05) is 13.1 Å². The van der Waals surface area contributed by atoms with Gasteiger partial charge in [0.2, 0.25) is 17.7 Å². The number of piperazine rings is 1. The van der Waals surface area contributed by atoms with Gasteiger partial charge in [-0.15, -0.1) is 0 Å². The molecule has 84 valence electrons. The first kappa shape index (κ1) is 11.7. The summed E-state index contributed by atoms with van der Waals surface area (Å²) < 4.78 is 0. The molecule has 0 spiro atoms. The molecule has 0 aromatic heterocycles. The van der Waals surface area contributed by atoms with E-state index in [-0.39, 0.29) is 24.9 Å².